The van der Waals surface area contributed by atoms with Gasteiger partial charge in [-0.25, -0.2) is 4.79 Å². The maximum Gasteiger partial charge on any atom is 0.336 e. The van der Waals surface area contributed by atoms with Crippen LogP contribution < -0.4 is 5.63 Å². The van der Waals surface area contributed by atoms with Crippen molar-refractivity contribution >= 4 is 0 Å². The molecule has 0 aliphatic heterocycles. The minimum Gasteiger partial charge on any atom is -0.428 e. The Morgan fingerprint density at radius 2 is 1.81 bits per heavy atom. The minimum absolute atomic E-state index is 0.271. The molecule has 0 saturated carbocycles. The van der Waals surface area contributed by atoms with Crippen molar-refractivity contribution < 1.29 is 4.42 Å². The third-order valence-corrected chi connectivity index (χ3v) is 2.71. The van der Waals surface area contributed by atoms with Crippen molar-refractivity contribution in [2.24, 2.45) is 0 Å². The zero-order chi connectivity index (χ0) is 11.5. The largest absolute Gasteiger partial charge is 0.428 e. The van der Waals surface area contributed by atoms with Crippen LogP contribution in [-0.4, -0.2) is 0 Å². The molecule has 0 radical (unpaired) electrons. The first-order valence-corrected chi connectivity index (χ1v) is 5.31. The molecule has 0 aliphatic rings. The lowest BCUT2D eigenvalue weighted by atomic mass is 10.0. The van der Waals surface area contributed by atoms with Crippen LogP contribution in [0.2, 0.25) is 0 Å². The molecule has 0 N–H and O–H groups in total. The molecule has 0 saturated heterocycles. The van der Waals surface area contributed by atoms with Crippen molar-refractivity contribution in [2.45, 2.75) is 20.3 Å². The van der Waals surface area contributed by atoms with Crippen LogP contribution >= 0.6 is 0 Å². The Bertz CT molecular complexity index is 512. The molecular weight excluding hydrogens is 200 g/mol. The Kier molecular flexibility index (Phi) is 2.91. The summed E-state index contributed by atoms with van der Waals surface area (Å²) < 4.78 is 5.11. The molecule has 1 heterocycles. The van der Waals surface area contributed by atoms with Gasteiger partial charge in [-0.15, -0.1) is 0 Å². The molecule has 82 valence electrons. The first kappa shape index (κ1) is 10.7. The smallest absolute Gasteiger partial charge is 0.336 e. The van der Waals surface area contributed by atoms with Crippen LogP contribution in [0.5, 0.6) is 0 Å². The summed E-state index contributed by atoms with van der Waals surface area (Å²) in [6, 6.07) is 11.7. The van der Waals surface area contributed by atoms with Crippen molar-refractivity contribution in [3.63, 3.8) is 0 Å². The highest BCUT2D eigenvalue weighted by molar-refractivity contribution is 5.32. The molecule has 0 spiro atoms. The summed E-state index contributed by atoms with van der Waals surface area (Å²) in [5.41, 5.74) is 3.05. The number of rotatable bonds is 2. The van der Waals surface area contributed by atoms with Crippen LogP contribution in [0.1, 0.15) is 22.5 Å². The first-order valence-electron chi connectivity index (χ1n) is 5.31. The van der Waals surface area contributed by atoms with E-state index in [9.17, 15) is 4.79 Å². The number of benzene rings is 1. The second-order valence-electron chi connectivity index (χ2n) is 3.95. The highest BCUT2D eigenvalue weighted by Crippen LogP contribution is 2.15. The van der Waals surface area contributed by atoms with Gasteiger partial charge < -0.3 is 4.42 Å². The number of hydrogen-bond donors (Lipinski definition) is 0. The monoisotopic (exact) mass is 214 g/mol. The van der Waals surface area contributed by atoms with E-state index in [0.29, 0.717) is 5.76 Å². The van der Waals surface area contributed by atoms with Gasteiger partial charge in [-0.1, -0.05) is 30.3 Å². The van der Waals surface area contributed by atoms with Gasteiger partial charge in [-0.2, -0.15) is 0 Å². The first-order chi connectivity index (χ1) is 7.66. The van der Waals surface area contributed by atoms with Crippen molar-refractivity contribution in [2.75, 3.05) is 0 Å². The van der Waals surface area contributed by atoms with E-state index in [0.717, 1.165) is 17.5 Å². The Morgan fingerprint density at radius 3 is 2.44 bits per heavy atom. The minimum atomic E-state index is -0.271. The SMILES string of the molecule is Cc1cc(=O)oc(C)c1Cc1ccccc1. The number of aryl methyl sites for hydroxylation is 2. The van der Waals surface area contributed by atoms with Gasteiger partial charge in [0.05, 0.1) is 0 Å². The van der Waals surface area contributed by atoms with Crippen LogP contribution in [0.25, 0.3) is 0 Å². The summed E-state index contributed by atoms with van der Waals surface area (Å²) in [4.78, 5) is 11.1. The Morgan fingerprint density at radius 1 is 1.12 bits per heavy atom. The predicted molar refractivity (Wildman–Crippen MR) is 63.7 cm³/mol. The van der Waals surface area contributed by atoms with E-state index in [1.807, 2.05) is 32.0 Å². The van der Waals surface area contributed by atoms with E-state index < -0.39 is 0 Å². The fourth-order valence-corrected chi connectivity index (χ4v) is 1.85. The van der Waals surface area contributed by atoms with Gasteiger partial charge in [0, 0.05) is 12.5 Å². The van der Waals surface area contributed by atoms with Gasteiger partial charge in [0.1, 0.15) is 5.76 Å². The molecule has 0 fully saturated rings. The second kappa shape index (κ2) is 4.35. The summed E-state index contributed by atoms with van der Waals surface area (Å²) in [5, 5.41) is 0. The highest BCUT2D eigenvalue weighted by atomic mass is 16.4. The lowest BCUT2D eigenvalue weighted by Crippen LogP contribution is -2.04. The fourth-order valence-electron chi connectivity index (χ4n) is 1.85. The molecule has 2 heteroatoms. The third-order valence-electron chi connectivity index (χ3n) is 2.71. The molecule has 1 aromatic heterocycles. The van der Waals surface area contributed by atoms with E-state index in [2.05, 4.69) is 12.1 Å². The topological polar surface area (TPSA) is 30.2 Å². The summed E-state index contributed by atoms with van der Waals surface area (Å²) in [6.45, 7) is 3.79. The average Bonchev–Trinajstić information content (AvgIpc) is 2.25. The van der Waals surface area contributed by atoms with Crippen LogP contribution in [0.3, 0.4) is 0 Å². The quantitative estimate of drug-likeness (QED) is 0.769. The van der Waals surface area contributed by atoms with E-state index >= 15 is 0 Å². The lowest BCUT2D eigenvalue weighted by Gasteiger charge is -2.07. The molecule has 0 unspecified atom stereocenters. The normalized spacial score (nSPS) is 10.4. The second-order valence-corrected chi connectivity index (χ2v) is 3.95. The van der Waals surface area contributed by atoms with Gasteiger partial charge in [0.25, 0.3) is 0 Å². The highest BCUT2D eigenvalue weighted by Gasteiger charge is 2.06. The van der Waals surface area contributed by atoms with E-state index in [1.165, 1.54) is 5.56 Å². The van der Waals surface area contributed by atoms with Gasteiger partial charge in [-0.05, 0) is 30.5 Å². The molecule has 2 rings (SSSR count). The van der Waals surface area contributed by atoms with Gasteiger partial charge in [-0.3, -0.25) is 0 Å². The van der Waals surface area contributed by atoms with Gasteiger partial charge in [0.2, 0.25) is 0 Å². The van der Waals surface area contributed by atoms with Crippen molar-refractivity contribution in [1.82, 2.24) is 0 Å². The number of hydrogen-bond acceptors (Lipinski definition) is 2. The summed E-state index contributed by atoms with van der Waals surface area (Å²) in [5.74, 6) is 0.717. The van der Waals surface area contributed by atoms with Crippen molar-refractivity contribution in [3.05, 3.63) is 69.3 Å². The average molecular weight is 214 g/mol. The molecule has 0 atom stereocenters. The molecule has 16 heavy (non-hydrogen) atoms. The molecule has 1 aromatic carbocycles. The molecule has 0 aliphatic carbocycles. The van der Waals surface area contributed by atoms with E-state index in [4.69, 9.17) is 4.42 Å². The van der Waals surface area contributed by atoms with Gasteiger partial charge >= 0.3 is 5.63 Å². The van der Waals surface area contributed by atoms with E-state index in [-0.39, 0.29) is 5.63 Å². The molecule has 2 aromatic rings. The zero-order valence-corrected chi connectivity index (χ0v) is 9.49. The van der Waals surface area contributed by atoms with Crippen LogP contribution in [0.4, 0.5) is 0 Å². The van der Waals surface area contributed by atoms with Gasteiger partial charge in [0.15, 0.2) is 0 Å². The molecule has 0 bridgehead atoms. The molecular formula is C14H14O2. The van der Waals surface area contributed by atoms with Crippen LogP contribution in [0.15, 0.2) is 45.6 Å². The van der Waals surface area contributed by atoms with E-state index in [1.54, 1.807) is 6.07 Å². The lowest BCUT2D eigenvalue weighted by molar-refractivity contribution is 0.472. The predicted octanol–water partition coefficient (Wildman–Crippen LogP) is 2.85. The zero-order valence-electron chi connectivity index (χ0n) is 9.49. The van der Waals surface area contributed by atoms with Crippen molar-refractivity contribution in [1.29, 1.82) is 0 Å². The fraction of sp³-hybridized carbons (Fsp3) is 0.214. The standard InChI is InChI=1S/C14H14O2/c1-10-8-14(15)16-11(2)13(10)9-12-6-4-3-5-7-12/h3-8H,9H2,1-2H3. The Labute approximate surface area is 94.5 Å². The Balaban J connectivity index is 2.39. The summed E-state index contributed by atoms with van der Waals surface area (Å²) in [7, 11) is 0. The molecule has 2 nitrogen and oxygen atoms in total. The van der Waals surface area contributed by atoms with Crippen LogP contribution in [0, 0.1) is 13.8 Å². The summed E-state index contributed by atoms with van der Waals surface area (Å²) in [6.07, 6.45) is 0.808. The maximum atomic E-state index is 11.1. The Hall–Kier alpha value is -1.83. The third kappa shape index (κ3) is 2.22. The summed E-state index contributed by atoms with van der Waals surface area (Å²) >= 11 is 0. The maximum absolute atomic E-state index is 11.1. The van der Waals surface area contributed by atoms with Crippen LogP contribution in [-0.2, 0) is 6.42 Å². The van der Waals surface area contributed by atoms with Crippen molar-refractivity contribution in [3.8, 4) is 0 Å². The molecule has 0 amide bonds.